The Balaban J connectivity index is 3.36. The molecular formula is C11H11NS. The molecule has 0 unspecified atom stereocenters. The second-order valence-corrected chi connectivity index (χ2v) is 3.57. The summed E-state index contributed by atoms with van der Waals surface area (Å²) in [6, 6.07) is 6.08. The third kappa shape index (κ3) is 1.93. The van der Waals surface area contributed by atoms with Crippen LogP contribution in [0.4, 0.5) is 0 Å². The Kier molecular flexibility index (Phi) is 3.16. The van der Waals surface area contributed by atoms with Crippen molar-refractivity contribution in [2.45, 2.75) is 11.8 Å². The molecule has 1 nitrogen and oxygen atoms in total. The lowest BCUT2D eigenvalue weighted by Crippen LogP contribution is -1.87. The van der Waals surface area contributed by atoms with Crippen LogP contribution < -0.4 is 0 Å². The Hall–Kier alpha value is -1.20. The highest BCUT2D eigenvalue weighted by atomic mass is 32.2. The van der Waals surface area contributed by atoms with Gasteiger partial charge in [0.25, 0.3) is 0 Å². The van der Waals surface area contributed by atoms with Gasteiger partial charge in [-0.15, -0.1) is 11.8 Å². The van der Waals surface area contributed by atoms with E-state index in [0.717, 1.165) is 21.6 Å². The molecule has 66 valence electrons. The molecule has 1 aromatic carbocycles. The molecule has 1 aromatic rings. The highest BCUT2D eigenvalue weighted by Crippen LogP contribution is 2.24. The Bertz CT molecular complexity index is 374. The molecule has 0 heterocycles. The summed E-state index contributed by atoms with van der Waals surface area (Å²) in [5.41, 5.74) is 2.86. The third-order valence-electron chi connectivity index (χ3n) is 1.92. The van der Waals surface area contributed by atoms with Crippen LogP contribution in [0.3, 0.4) is 0 Å². The molecule has 0 amide bonds. The molecule has 0 aliphatic carbocycles. The second-order valence-electron chi connectivity index (χ2n) is 2.73. The maximum Gasteiger partial charge on any atom is 0.0994 e. The van der Waals surface area contributed by atoms with Crippen LogP contribution in [0.25, 0.3) is 6.08 Å². The number of nitriles is 1. The van der Waals surface area contributed by atoms with Crippen LogP contribution in [0.15, 0.2) is 23.6 Å². The molecule has 0 aliphatic heterocycles. The Labute approximate surface area is 83.1 Å². The van der Waals surface area contributed by atoms with Crippen LogP contribution >= 0.6 is 11.8 Å². The molecule has 0 saturated carbocycles. The van der Waals surface area contributed by atoms with E-state index in [1.807, 2.05) is 31.4 Å². The van der Waals surface area contributed by atoms with Crippen molar-refractivity contribution in [1.82, 2.24) is 0 Å². The van der Waals surface area contributed by atoms with E-state index >= 15 is 0 Å². The molecule has 0 bridgehead atoms. The summed E-state index contributed by atoms with van der Waals surface area (Å²) in [5, 5.41) is 8.82. The quantitative estimate of drug-likeness (QED) is 0.667. The van der Waals surface area contributed by atoms with E-state index in [-0.39, 0.29) is 0 Å². The van der Waals surface area contributed by atoms with E-state index in [0.29, 0.717) is 0 Å². The van der Waals surface area contributed by atoms with Crippen LogP contribution in [0, 0.1) is 18.3 Å². The number of aryl methyl sites for hydroxylation is 1. The van der Waals surface area contributed by atoms with E-state index in [1.165, 1.54) is 0 Å². The van der Waals surface area contributed by atoms with Crippen molar-refractivity contribution in [3.63, 3.8) is 0 Å². The highest BCUT2D eigenvalue weighted by molar-refractivity contribution is 7.98. The Morgan fingerprint density at radius 3 is 2.69 bits per heavy atom. The van der Waals surface area contributed by atoms with Crippen molar-refractivity contribution >= 4 is 17.8 Å². The van der Waals surface area contributed by atoms with Gasteiger partial charge in [0.1, 0.15) is 0 Å². The monoisotopic (exact) mass is 189 g/mol. The average Bonchev–Trinajstić information content (AvgIpc) is 2.17. The minimum Gasteiger partial charge on any atom is -0.192 e. The molecule has 0 saturated heterocycles. The lowest BCUT2D eigenvalue weighted by molar-refractivity contribution is 1.31. The number of thioether (sulfide) groups is 1. The Morgan fingerprint density at radius 1 is 1.54 bits per heavy atom. The van der Waals surface area contributed by atoms with Crippen molar-refractivity contribution in [1.29, 1.82) is 5.26 Å². The SMILES string of the molecule is C=Cc1cc(C)c(C#N)cc1SC. The van der Waals surface area contributed by atoms with Gasteiger partial charge in [0.2, 0.25) is 0 Å². The second kappa shape index (κ2) is 4.15. The number of rotatable bonds is 2. The van der Waals surface area contributed by atoms with E-state index < -0.39 is 0 Å². The topological polar surface area (TPSA) is 23.8 Å². The van der Waals surface area contributed by atoms with Crippen LogP contribution in [0.5, 0.6) is 0 Å². The predicted octanol–water partition coefficient (Wildman–Crippen LogP) is 3.23. The zero-order valence-corrected chi connectivity index (χ0v) is 8.61. The fourth-order valence-corrected chi connectivity index (χ4v) is 1.78. The first kappa shape index (κ1) is 9.88. The lowest BCUT2D eigenvalue weighted by atomic mass is 10.1. The third-order valence-corrected chi connectivity index (χ3v) is 2.71. The maximum atomic E-state index is 8.82. The van der Waals surface area contributed by atoms with Gasteiger partial charge < -0.3 is 0 Å². The molecule has 0 N–H and O–H groups in total. The summed E-state index contributed by atoms with van der Waals surface area (Å²) in [5.74, 6) is 0. The van der Waals surface area contributed by atoms with Gasteiger partial charge in [0.15, 0.2) is 0 Å². The number of nitrogens with zero attached hydrogens (tertiary/aromatic N) is 1. The van der Waals surface area contributed by atoms with Gasteiger partial charge in [-0.05, 0) is 36.4 Å². The first-order valence-electron chi connectivity index (χ1n) is 3.94. The van der Waals surface area contributed by atoms with Crippen molar-refractivity contribution in [2.75, 3.05) is 6.26 Å². The molecule has 0 atom stereocenters. The van der Waals surface area contributed by atoms with Gasteiger partial charge in [-0.25, -0.2) is 0 Å². The average molecular weight is 189 g/mol. The van der Waals surface area contributed by atoms with Crippen LogP contribution in [-0.4, -0.2) is 6.26 Å². The molecule has 2 heteroatoms. The first-order chi connectivity index (χ1) is 6.22. The van der Waals surface area contributed by atoms with E-state index in [9.17, 15) is 0 Å². The van der Waals surface area contributed by atoms with Crippen molar-refractivity contribution < 1.29 is 0 Å². The Morgan fingerprint density at radius 2 is 2.23 bits per heavy atom. The fraction of sp³-hybridized carbons (Fsp3) is 0.182. The predicted molar refractivity (Wildman–Crippen MR) is 57.8 cm³/mol. The smallest absolute Gasteiger partial charge is 0.0994 e. The summed E-state index contributed by atoms with van der Waals surface area (Å²) in [6.07, 6.45) is 3.82. The maximum absolute atomic E-state index is 8.82. The van der Waals surface area contributed by atoms with Crippen LogP contribution in [-0.2, 0) is 0 Å². The standard InChI is InChI=1S/C11H11NS/c1-4-9-5-8(2)10(7-12)6-11(9)13-3/h4-6H,1H2,2-3H3. The molecule has 0 radical (unpaired) electrons. The summed E-state index contributed by atoms with van der Waals surface area (Å²) >= 11 is 1.64. The fourth-order valence-electron chi connectivity index (χ4n) is 1.17. The summed E-state index contributed by atoms with van der Waals surface area (Å²) in [7, 11) is 0. The van der Waals surface area contributed by atoms with E-state index in [2.05, 4.69) is 12.6 Å². The molecule has 0 spiro atoms. The molecule has 0 fully saturated rings. The zero-order valence-electron chi connectivity index (χ0n) is 7.79. The van der Waals surface area contributed by atoms with Gasteiger partial charge >= 0.3 is 0 Å². The lowest BCUT2D eigenvalue weighted by Gasteiger charge is -2.05. The van der Waals surface area contributed by atoms with Crippen molar-refractivity contribution in [2.24, 2.45) is 0 Å². The van der Waals surface area contributed by atoms with Crippen LogP contribution in [0.2, 0.25) is 0 Å². The first-order valence-corrected chi connectivity index (χ1v) is 5.16. The van der Waals surface area contributed by atoms with Gasteiger partial charge in [-0.3, -0.25) is 0 Å². The number of hydrogen-bond donors (Lipinski definition) is 0. The van der Waals surface area contributed by atoms with Crippen molar-refractivity contribution in [3.05, 3.63) is 35.4 Å². The van der Waals surface area contributed by atoms with E-state index in [1.54, 1.807) is 11.8 Å². The summed E-state index contributed by atoms with van der Waals surface area (Å²) in [4.78, 5) is 1.11. The van der Waals surface area contributed by atoms with Gasteiger partial charge in [0, 0.05) is 4.90 Å². The largest absolute Gasteiger partial charge is 0.192 e. The van der Waals surface area contributed by atoms with Crippen molar-refractivity contribution in [3.8, 4) is 6.07 Å². The number of benzene rings is 1. The number of hydrogen-bond acceptors (Lipinski definition) is 2. The van der Waals surface area contributed by atoms with Crippen LogP contribution in [0.1, 0.15) is 16.7 Å². The van der Waals surface area contributed by atoms with Gasteiger partial charge in [0.05, 0.1) is 11.6 Å². The molecule has 13 heavy (non-hydrogen) atoms. The molecule has 1 rings (SSSR count). The summed E-state index contributed by atoms with van der Waals surface area (Å²) < 4.78 is 0. The van der Waals surface area contributed by atoms with Gasteiger partial charge in [-0.2, -0.15) is 5.26 Å². The molecular weight excluding hydrogens is 178 g/mol. The zero-order chi connectivity index (χ0) is 9.84. The molecule has 0 aromatic heterocycles. The normalized spacial score (nSPS) is 9.31. The minimum atomic E-state index is 0.745. The van der Waals surface area contributed by atoms with Gasteiger partial charge in [-0.1, -0.05) is 12.7 Å². The highest BCUT2D eigenvalue weighted by Gasteiger charge is 2.03. The molecule has 0 aliphatic rings. The summed E-state index contributed by atoms with van der Waals surface area (Å²) in [6.45, 7) is 5.68. The minimum absolute atomic E-state index is 0.745. The van der Waals surface area contributed by atoms with E-state index in [4.69, 9.17) is 5.26 Å².